The van der Waals surface area contributed by atoms with Gasteiger partial charge >= 0.3 is 5.97 Å². The third kappa shape index (κ3) is 3.19. The van der Waals surface area contributed by atoms with E-state index < -0.39 is 24.2 Å². The lowest BCUT2D eigenvalue weighted by Gasteiger charge is -2.12. The van der Waals surface area contributed by atoms with Crippen molar-refractivity contribution in [2.45, 2.75) is 0 Å². The number of nitrogens with zero attached hydrogens (tertiary/aromatic N) is 3. The Labute approximate surface area is 178 Å². The van der Waals surface area contributed by atoms with E-state index in [2.05, 4.69) is 15.4 Å². The van der Waals surface area contributed by atoms with Crippen LogP contribution in [0.2, 0.25) is 0 Å². The van der Waals surface area contributed by atoms with Gasteiger partial charge < -0.3 is 20.3 Å². The van der Waals surface area contributed by atoms with Crippen molar-refractivity contribution in [2.24, 2.45) is 0 Å². The number of thiophene rings is 1. The summed E-state index contributed by atoms with van der Waals surface area (Å²) >= 11 is 1.58. The zero-order chi connectivity index (χ0) is 21.5. The predicted octanol–water partition coefficient (Wildman–Crippen LogP) is 3.41. The fraction of sp³-hybridized carbons (Fsp3) is 0.0476. The van der Waals surface area contributed by atoms with Gasteiger partial charge in [0.1, 0.15) is 29.9 Å². The quantitative estimate of drug-likeness (QED) is 0.387. The number of aromatic hydroxyl groups is 1. The second-order valence-corrected chi connectivity index (χ2v) is 7.70. The summed E-state index contributed by atoms with van der Waals surface area (Å²) in [4.78, 5) is 27.1. The summed E-state index contributed by atoms with van der Waals surface area (Å²) in [6.07, 6.45) is 1.22. The molecule has 0 spiro atoms. The number of nitrogens with one attached hydrogen (secondary N) is 1. The molecule has 0 bridgehead atoms. The van der Waals surface area contributed by atoms with E-state index in [0.29, 0.717) is 5.75 Å². The first-order chi connectivity index (χ1) is 15.0. The van der Waals surface area contributed by atoms with Crippen LogP contribution in [0.1, 0.15) is 10.4 Å². The van der Waals surface area contributed by atoms with Crippen molar-refractivity contribution in [3.8, 4) is 17.4 Å². The van der Waals surface area contributed by atoms with Gasteiger partial charge in [-0.1, -0.05) is 30.3 Å². The number of benzene rings is 2. The number of carbonyl (C=O) groups is 2. The SMILES string of the molecule is O=C(O)CNC(=O)c1c(O)cc(Oc2cccc3c2sc2ccccc23)n2ncnc12. The maximum atomic E-state index is 12.4. The van der Waals surface area contributed by atoms with Gasteiger partial charge in [0.2, 0.25) is 5.88 Å². The van der Waals surface area contributed by atoms with E-state index in [0.717, 1.165) is 20.2 Å². The predicted molar refractivity (Wildman–Crippen MR) is 114 cm³/mol. The molecule has 3 aromatic heterocycles. The van der Waals surface area contributed by atoms with Gasteiger partial charge in [0.05, 0.1) is 4.70 Å². The van der Waals surface area contributed by atoms with Crippen LogP contribution in [0.25, 0.3) is 25.8 Å². The van der Waals surface area contributed by atoms with Gasteiger partial charge in [0.15, 0.2) is 5.65 Å². The fourth-order valence-corrected chi connectivity index (χ4v) is 4.54. The monoisotopic (exact) mass is 434 g/mol. The Hall–Kier alpha value is -4.18. The van der Waals surface area contributed by atoms with Gasteiger partial charge in [-0.15, -0.1) is 11.3 Å². The van der Waals surface area contributed by atoms with Gasteiger partial charge in [-0.05, 0) is 12.1 Å². The van der Waals surface area contributed by atoms with Crippen LogP contribution in [0.4, 0.5) is 0 Å². The molecular weight excluding hydrogens is 420 g/mol. The number of fused-ring (bicyclic) bond motifs is 4. The highest BCUT2D eigenvalue weighted by Crippen LogP contribution is 2.41. The minimum Gasteiger partial charge on any atom is -0.507 e. The summed E-state index contributed by atoms with van der Waals surface area (Å²) in [6.45, 7) is -0.593. The molecule has 1 amide bonds. The Morgan fingerprint density at radius 1 is 1.13 bits per heavy atom. The lowest BCUT2D eigenvalue weighted by atomic mass is 10.1. The molecule has 9 nitrogen and oxygen atoms in total. The van der Waals surface area contributed by atoms with Crippen molar-refractivity contribution in [2.75, 3.05) is 6.54 Å². The number of amides is 1. The van der Waals surface area contributed by atoms with Crippen LogP contribution in [0, 0.1) is 0 Å². The summed E-state index contributed by atoms with van der Waals surface area (Å²) < 4.78 is 9.42. The van der Waals surface area contributed by atoms with Crippen molar-refractivity contribution in [1.82, 2.24) is 19.9 Å². The molecule has 0 unspecified atom stereocenters. The molecule has 5 aromatic rings. The average molecular weight is 434 g/mol. The molecular formula is C21H14N4O5S. The van der Waals surface area contributed by atoms with Crippen molar-refractivity contribution >= 4 is 49.0 Å². The van der Waals surface area contributed by atoms with Crippen molar-refractivity contribution in [3.05, 3.63) is 60.4 Å². The molecule has 0 saturated carbocycles. The molecule has 2 aromatic carbocycles. The number of carbonyl (C=O) groups excluding carboxylic acids is 1. The van der Waals surface area contributed by atoms with Crippen LogP contribution in [-0.4, -0.2) is 43.2 Å². The Bertz CT molecular complexity index is 1490. The van der Waals surface area contributed by atoms with Gasteiger partial charge in [-0.2, -0.15) is 9.61 Å². The topological polar surface area (TPSA) is 126 Å². The molecule has 3 heterocycles. The Morgan fingerprint density at radius 3 is 2.77 bits per heavy atom. The molecule has 31 heavy (non-hydrogen) atoms. The molecule has 0 aliphatic carbocycles. The van der Waals surface area contributed by atoms with Crippen LogP contribution in [0.15, 0.2) is 54.9 Å². The molecule has 0 fully saturated rings. The number of ether oxygens (including phenoxy) is 1. The second-order valence-electron chi connectivity index (χ2n) is 6.65. The Morgan fingerprint density at radius 2 is 1.94 bits per heavy atom. The van der Waals surface area contributed by atoms with Crippen molar-refractivity contribution < 1.29 is 24.5 Å². The molecule has 0 atom stereocenters. The third-order valence-corrected chi connectivity index (χ3v) is 5.91. The third-order valence-electron chi connectivity index (χ3n) is 4.71. The maximum Gasteiger partial charge on any atom is 0.322 e. The number of pyridine rings is 1. The summed E-state index contributed by atoms with van der Waals surface area (Å²) in [7, 11) is 0. The van der Waals surface area contributed by atoms with Crippen LogP contribution >= 0.6 is 11.3 Å². The number of aliphatic carboxylic acids is 1. The Kier molecular flexibility index (Phi) is 4.41. The number of carboxylic acid groups (broad SMARTS) is 1. The average Bonchev–Trinajstić information content (AvgIpc) is 3.38. The van der Waals surface area contributed by atoms with E-state index in [1.54, 1.807) is 11.3 Å². The first-order valence-electron chi connectivity index (χ1n) is 9.17. The van der Waals surface area contributed by atoms with Crippen molar-refractivity contribution in [3.63, 3.8) is 0 Å². The standard InChI is InChI=1S/C21H14N4O5S/c26-13-8-16(25-20(23-10-24-25)18(13)21(29)22-9-17(27)28)30-14-6-3-5-12-11-4-1-2-7-15(11)31-19(12)14/h1-8,10,26H,9H2,(H,22,29)(H,27,28). The number of carboxylic acids is 1. The molecule has 154 valence electrons. The largest absolute Gasteiger partial charge is 0.507 e. The van der Waals surface area contributed by atoms with Crippen LogP contribution in [0.3, 0.4) is 0 Å². The maximum absolute atomic E-state index is 12.4. The Balaban J connectivity index is 1.59. The van der Waals surface area contributed by atoms with E-state index >= 15 is 0 Å². The summed E-state index contributed by atoms with van der Waals surface area (Å²) in [6, 6.07) is 15.0. The summed E-state index contributed by atoms with van der Waals surface area (Å²) in [5.74, 6) is -1.66. The first kappa shape index (κ1) is 18.8. The van der Waals surface area contributed by atoms with E-state index in [1.165, 1.54) is 16.9 Å². The van der Waals surface area contributed by atoms with Gasteiger partial charge in [-0.3, -0.25) is 9.59 Å². The van der Waals surface area contributed by atoms with E-state index in [1.807, 2.05) is 42.5 Å². The zero-order valence-electron chi connectivity index (χ0n) is 15.8. The summed E-state index contributed by atoms with van der Waals surface area (Å²) in [5, 5.41) is 27.7. The molecule has 0 aliphatic rings. The lowest BCUT2D eigenvalue weighted by Crippen LogP contribution is -2.29. The van der Waals surface area contributed by atoms with E-state index in [-0.39, 0.29) is 17.1 Å². The van der Waals surface area contributed by atoms with E-state index in [9.17, 15) is 14.7 Å². The van der Waals surface area contributed by atoms with Gasteiger partial charge in [0, 0.05) is 21.5 Å². The first-order valence-corrected chi connectivity index (χ1v) is 9.98. The van der Waals surface area contributed by atoms with Gasteiger partial charge in [0.25, 0.3) is 5.91 Å². The highest BCUT2D eigenvalue weighted by Gasteiger charge is 2.22. The highest BCUT2D eigenvalue weighted by molar-refractivity contribution is 7.26. The van der Waals surface area contributed by atoms with Crippen LogP contribution in [0.5, 0.6) is 17.4 Å². The molecule has 5 rings (SSSR count). The molecule has 10 heteroatoms. The minimum absolute atomic E-state index is 0.0430. The van der Waals surface area contributed by atoms with Gasteiger partial charge in [-0.25, -0.2) is 4.98 Å². The molecule has 3 N–H and O–H groups in total. The lowest BCUT2D eigenvalue weighted by molar-refractivity contribution is -0.135. The number of hydrogen-bond donors (Lipinski definition) is 3. The zero-order valence-corrected chi connectivity index (χ0v) is 16.6. The number of rotatable bonds is 5. The molecule has 0 aliphatic heterocycles. The van der Waals surface area contributed by atoms with E-state index in [4.69, 9.17) is 9.84 Å². The summed E-state index contributed by atoms with van der Waals surface area (Å²) in [5.41, 5.74) is -0.146. The smallest absolute Gasteiger partial charge is 0.322 e. The second kappa shape index (κ2) is 7.26. The molecule has 0 saturated heterocycles. The number of hydrogen-bond acceptors (Lipinski definition) is 7. The fourth-order valence-electron chi connectivity index (χ4n) is 3.39. The van der Waals surface area contributed by atoms with Crippen LogP contribution < -0.4 is 10.1 Å². The minimum atomic E-state index is -1.21. The van der Waals surface area contributed by atoms with Crippen molar-refractivity contribution in [1.29, 1.82) is 0 Å². The normalized spacial score (nSPS) is 11.2. The highest BCUT2D eigenvalue weighted by atomic mass is 32.1. The molecule has 0 radical (unpaired) electrons. The number of aromatic nitrogens is 3. The van der Waals surface area contributed by atoms with Crippen LogP contribution in [-0.2, 0) is 4.79 Å².